The Kier molecular flexibility index (Phi) is 8.93. The monoisotopic (exact) mass is 492 g/mol. The Morgan fingerprint density at radius 2 is 1.96 bits per heavy atom. The number of ether oxygens (including phenoxy) is 1. The fourth-order valence-corrected chi connectivity index (χ4v) is 3.81. The van der Waals surface area contributed by atoms with Crippen molar-refractivity contribution in [1.29, 1.82) is 0 Å². The topological polar surface area (TPSA) is 54.1 Å². The summed E-state index contributed by atoms with van der Waals surface area (Å²) in [4.78, 5) is 9.42. The lowest BCUT2D eigenvalue weighted by molar-refractivity contribution is 0.0179. The number of morpholine rings is 1. The molecule has 3 rings (SSSR count). The Labute approximate surface area is 178 Å². The van der Waals surface area contributed by atoms with Crippen LogP contribution in [0, 0.1) is 5.92 Å². The van der Waals surface area contributed by atoms with Crippen LogP contribution in [0.1, 0.15) is 31.4 Å². The van der Waals surface area contributed by atoms with E-state index < -0.39 is 0 Å². The summed E-state index contributed by atoms with van der Waals surface area (Å²) in [6.45, 7) is 8.36. The van der Waals surface area contributed by atoms with Crippen molar-refractivity contribution in [3.05, 3.63) is 34.9 Å². The minimum atomic E-state index is 0. The van der Waals surface area contributed by atoms with Crippen LogP contribution in [0.25, 0.3) is 0 Å². The van der Waals surface area contributed by atoms with Gasteiger partial charge in [0.15, 0.2) is 5.96 Å². The van der Waals surface area contributed by atoms with Gasteiger partial charge in [0.25, 0.3) is 0 Å². The Hall–Kier alpha value is -0.570. The molecule has 0 aliphatic carbocycles. The number of nitrogens with two attached hydrogens (primary N) is 1. The summed E-state index contributed by atoms with van der Waals surface area (Å²) in [6, 6.07) is 8.30. The highest BCUT2D eigenvalue weighted by atomic mass is 127. The van der Waals surface area contributed by atoms with Gasteiger partial charge in [0.1, 0.15) is 0 Å². The van der Waals surface area contributed by atoms with Gasteiger partial charge in [-0.05, 0) is 36.5 Å². The van der Waals surface area contributed by atoms with Gasteiger partial charge in [-0.3, -0.25) is 9.89 Å². The lowest BCUT2D eigenvalue weighted by atomic mass is 10.0. The molecule has 2 atom stereocenters. The summed E-state index contributed by atoms with van der Waals surface area (Å²) < 4.78 is 5.51. The van der Waals surface area contributed by atoms with Crippen LogP contribution < -0.4 is 5.73 Å². The number of rotatable bonds is 4. The molecule has 2 aliphatic rings. The van der Waals surface area contributed by atoms with Crippen LogP contribution in [0.4, 0.5) is 0 Å². The molecule has 1 aromatic rings. The van der Waals surface area contributed by atoms with E-state index in [9.17, 15) is 0 Å². The predicted octanol–water partition coefficient (Wildman–Crippen LogP) is 3.38. The molecule has 0 saturated carbocycles. The maximum absolute atomic E-state index is 6.30. The van der Waals surface area contributed by atoms with Crippen molar-refractivity contribution in [1.82, 2.24) is 9.80 Å². The molecular weight excluding hydrogens is 463 g/mol. The minimum Gasteiger partial charge on any atom is -0.379 e. The first-order chi connectivity index (χ1) is 12.1. The van der Waals surface area contributed by atoms with Crippen LogP contribution in [0.2, 0.25) is 5.02 Å². The van der Waals surface area contributed by atoms with Gasteiger partial charge in [0.05, 0.1) is 25.8 Å². The van der Waals surface area contributed by atoms with Crippen molar-refractivity contribution in [2.24, 2.45) is 16.6 Å². The van der Waals surface area contributed by atoms with E-state index in [1.807, 2.05) is 12.1 Å². The number of nitrogens with zero attached hydrogens (tertiary/aromatic N) is 3. The van der Waals surface area contributed by atoms with E-state index in [1.165, 1.54) is 18.4 Å². The number of piperidine rings is 1. The number of likely N-dealkylation sites (tertiary alicyclic amines) is 1. The Balaban J connectivity index is 0.00000243. The number of hydrogen-bond acceptors (Lipinski definition) is 3. The normalized spacial score (nSPS) is 23.4. The largest absolute Gasteiger partial charge is 0.379 e. The van der Waals surface area contributed by atoms with Crippen molar-refractivity contribution in [3.8, 4) is 0 Å². The molecule has 0 amide bonds. The Morgan fingerprint density at radius 3 is 2.62 bits per heavy atom. The molecule has 2 heterocycles. The molecular formula is C19H30ClIN4O. The van der Waals surface area contributed by atoms with Gasteiger partial charge < -0.3 is 15.4 Å². The zero-order valence-corrected chi connectivity index (χ0v) is 18.5. The molecule has 0 bridgehead atoms. The van der Waals surface area contributed by atoms with Crippen LogP contribution in [0.5, 0.6) is 0 Å². The third-order valence-electron chi connectivity index (χ3n) is 5.15. The molecule has 5 nitrogen and oxygen atoms in total. The van der Waals surface area contributed by atoms with Crippen LogP contribution in [-0.2, 0) is 4.74 Å². The van der Waals surface area contributed by atoms with E-state index in [2.05, 4.69) is 28.9 Å². The van der Waals surface area contributed by atoms with Gasteiger partial charge in [-0.2, -0.15) is 0 Å². The second-order valence-corrected chi connectivity index (χ2v) is 7.54. The van der Waals surface area contributed by atoms with Crippen molar-refractivity contribution >= 4 is 41.5 Å². The second kappa shape index (κ2) is 10.7. The summed E-state index contributed by atoms with van der Waals surface area (Å²) in [7, 11) is 0. The van der Waals surface area contributed by atoms with Gasteiger partial charge in [-0.25, -0.2) is 0 Å². The average molecular weight is 493 g/mol. The van der Waals surface area contributed by atoms with E-state index in [-0.39, 0.29) is 30.0 Å². The summed E-state index contributed by atoms with van der Waals surface area (Å²) in [5.41, 5.74) is 7.53. The zero-order valence-electron chi connectivity index (χ0n) is 15.4. The Morgan fingerprint density at radius 1 is 1.27 bits per heavy atom. The molecule has 0 spiro atoms. The minimum absolute atomic E-state index is 0. The molecule has 2 saturated heterocycles. The lowest BCUT2D eigenvalue weighted by Crippen LogP contribution is -2.44. The van der Waals surface area contributed by atoms with Gasteiger partial charge in [-0.15, -0.1) is 24.0 Å². The number of benzene rings is 1. The fourth-order valence-electron chi connectivity index (χ4n) is 3.68. The standard InChI is InChI=1S/C19H29ClN4O.HI/c1-15-3-2-8-24(14-15)19(21)22-13-18(23-9-11-25-12-10-23)16-4-6-17(20)7-5-16;/h4-7,15,18H,2-3,8-14H2,1H3,(H2,21,22);1H. The lowest BCUT2D eigenvalue weighted by Gasteiger charge is -2.35. The molecule has 2 unspecified atom stereocenters. The number of guanidine groups is 1. The quantitative estimate of drug-likeness (QED) is 0.398. The van der Waals surface area contributed by atoms with Crippen molar-refractivity contribution in [2.45, 2.75) is 25.8 Å². The van der Waals surface area contributed by atoms with Crippen molar-refractivity contribution in [2.75, 3.05) is 45.9 Å². The molecule has 26 heavy (non-hydrogen) atoms. The van der Waals surface area contributed by atoms with Gasteiger partial charge in [-0.1, -0.05) is 30.7 Å². The van der Waals surface area contributed by atoms with Gasteiger partial charge >= 0.3 is 0 Å². The maximum atomic E-state index is 6.30. The number of halogens is 2. The highest BCUT2D eigenvalue weighted by Gasteiger charge is 2.23. The van der Waals surface area contributed by atoms with Crippen LogP contribution >= 0.6 is 35.6 Å². The van der Waals surface area contributed by atoms with Gasteiger partial charge in [0.2, 0.25) is 0 Å². The molecule has 2 aliphatic heterocycles. The molecule has 2 fully saturated rings. The van der Waals surface area contributed by atoms with E-state index in [1.54, 1.807) is 0 Å². The summed E-state index contributed by atoms with van der Waals surface area (Å²) >= 11 is 6.06. The first-order valence-corrected chi connectivity index (χ1v) is 9.63. The smallest absolute Gasteiger partial charge is 0.191 e. The summed E-state index contributed by atoms with van der Waals surface area (Å²) in [5, 5.41) is 0.759. The van der Waals surface area contributed by atoms with Crippen molar-refractivity contribution < 1.29 is 4.74 Å². The van der Waals surface area contributed by atoms with Crippen LogP contribution in [0.3, 0.4) is 0 Å². The second-order valence-electron chi connectivity index (χ2n) is 7.11. The van der Waals surface area contributed by atoms with E-state index in [0.29, 0.717) is 18.4 Å². The molecule has 0 radical (unpaired) electrons. The maximum Gasteiger partial charge on any atom is 0.191 e. The van der Waals surface area contributed by atoms with Gasteiger partial charge in [0, 0.05) is 31.2 Å². The SMILES string of the molecule is CC1CCCN(C(N)=NCC(c2ccc(Cl)cc2)N2CCOCC2)C1.I. The number of aliphatic imine (C=N–C) groups is 1. The zero-order chi connectivity index (χ0) is 17.6. The molecule has 2 N–H and O–H groups in total. The molecule has 146 valence electrons. The third kappa shape index (κ3) is 5.97. The van der Waals surface area contributed by atoms with E-state index in [4.69, 9.17) is 27.1 Å². The fraction of sp³-hybridized carbons (Fsp3) is 0.632. The molecule has 7 heteroatoms. The highest BCUT2D eigenvalue weighted by molar-refractivity contribution is 14.0. The Bertz CT molecular complexity index is 577. The van der Waals surface area contributed by atoms with Crippen LogP contribution in [0.15, 0.2) is 29.3 Å². The predicted molar refractivity (Wildman–Crippen MR) is 118 cm³/mol. The first-order valence-electron chi connectivity index (χ1n) is 9.25. The summed E-state index contributed by atoms with van der Waals surface area (Å²) in [6.07, 6.45) is 2.48. The molecule has 0 aromatic heterocycles. The van der Waals surface area contributed by atoms with E-state index in [0.717, 1.165) is 44.4 Å². The summed E-state index contributed by atoms with van der Waals surface area (Å²) in [5.74, 6) is 1.37. The average Bonchev–Trinajstić information content (AvgIpc) is 2.64. The first kappa shape index (κ1) is 21.7. The van der Waals surface area contributed by atoms with Crippen LogP contribution in [-0.4, -0.2) is 61.7 Å². The number of hydrogen-bond donors (Lipinski definition) is 1. The third-order valence-corrected chi connectivity index (χ3v) is 5.40. The highest BCUT2D eigenvalue weighted by Crippen LogP contribution is 2.24. The van der Waals surface area contributed by atoms with Crippen molar-refractivity contribution in [3.63, 3.8) is 0 Å². The van der Waals surface area contributed by atoms with E-state index >= 15 is 0 Å². The molecule has 1 aromatic carbocycles.